The molecule has 0 aliphatic carbocycles. The Morgan fingerprint density at radius 2 is 1.65 bits per heavy atom. The third-order valence-electron chi connectivity index (χ3n) is 8.38. The number of benzene rings is 3. The molecule has 0 saturated carbocycles. The molecule has 48 heavy (non-hydrogen) atoms. The lowest BCUT2D eigenvalue weighted by atomic mass is 9.83. The fourth-order valence-corrected chi connectivity index (χ4v) is 5.51. The van der Waals surface area contributed by atoms with E-state index in [1.165, 1.54) is 0 Å². The minimum absolute atomic E-state index is 0.0279. The average Bonchev–Trinajstić information content (AvgIpc) is 3.23. The Hall–Kier alpha value is -5.15. The number of aliphatic hydroxyl groups excluding tert-OH is 1. The van der Waals surface area contributed by atoms with Gasteiger partial charge < -0.3 is 29.8 Å². The van der Waals surface area contributed by atoms with Crippen LogP contribution in [0.1, 0.15) is 73.9 Å². The number of nitrogens with one attached hydrogen (secondary N) is 1. The molecule has 0 radical (unpaired) electrons. The predicted molar refractivity (Wildman–Crippen MR) is 191 cm³/mol. The van der Waals surface area contributed by atoms with Crippen LogP contribution in [0.3, 0.4) is 0 Å². The van der Waals surface area contributed by atoms with E-state index >= 15 is 0 Å². The minimum Gasteiger partial charge on any atom is -0.506 e. The lowest BCUT2D eigenvalue weighted by Crippen LogP contribution is -2.36. The van der Waals surface area contributed by atoms with E-state index in [0.29, 0.717) is 35.2 Å². The van der Waals surface area contributed by atoms with Gasteiger partial charge in [-0.25, -0.2) is 4.98 Å². The average molecular weight is 654 g/mol. The highest BCUT2D eigenvalue weighted by Crippen LogP contribution is 2.48. The third kappa shape index (κ3) is 8.60. The monoisotopic (exact) mass is 653 g/mol. The number of para-hydroxylation sites is 1. The summed E-state index contributed by atoms with van der Waals surface area (Å²) in [5, 5.41) is 21.7. The smallest absolute Gasteiger partial charge is 0.277 e. The second-order valence-corrected chi connectivity index (χ2v) is 12.1. The summed E-state index contributed by atoms with van der Waals surface area (Å²) in [7, 11) is 2.62. The molecule has 2 heterocycles. The number of aromatic nitrogens is 1. The van der Waals surface area contributed by atoms with Gasteiger partial charge in [0, 0.05) is 18.5 Å². The number of carbonyl (C=O) groups excluding carboxylic acids is 2. The number of aliphatic hydroxyl groups is 1. The van der Waals surface area contributed by atoms with Gasteiger partial charge in [0.15, 0.2) is 11.5 Å². The van der Waals surface area contributed by atoms with Crippen LogP contribution in [0.25, 0.3) is 0 Å². The first kappa shape index (κ1) is 37.3. The van der Waals surface area contributed by atoms with Gasteiger partial charge in [0.25, 0.3) is 5.91 Å². The first-order chi connectivity index (χ1) is 23.1. The van der Waals surface area contributed by atoms with Crippen molar-refractivity contribution in [1.29, 1.82) is 0 Å². The highest BCUT2D eigenvalue weighted by Gasteiger charge is 2.37. The molecule has 3 N–H and O–H groups in total. The maximum Gasteiger partial charge on any atom is 0.277 e. The number of carbonyl (C=O) groups is 2. The number of phenols is 1. The molecule has 254 valence electrons. The molecule has 9 nitrogen and oxygen atoms in total. The number of ether oxygens (including phenoxy) is 2. The van der Waals surface area contributed by atoms with Crippen molar-refractivity contribution in [1.82, 2.24) is 4.98 Å². The number of fused-ring (bicyclic) bond motifs is 1. The molecule has 1 atom stereocenters. The first-order valence-corrected chi connectivity index (χ1v) is 15.8. The molecule has 4 aromatic rings. The molecule has 0 spiro atoms. The van der Waals surface area contributed by atoms with Crippen molar-refractivity contribution in [2.24, 2.45) is 5.41 Å². The molecule has 0 bridgehead atoms. The molecule has 5 rings (SSSR count). The van der Waals surface area contributed by atoms with Crippen LogP contribution >= 0.6 is 0 Å². The van der Waals surface area contributed by atoms with Gasteiger partial charge in [-0.3, -0.25) is 9.69 Å². The highest BCUT2D eigenvalue weighted by atomic mass is 16.5. The van der Waals surface area contributed by atoms with Gasteiger partial charge in [0.2, 0.25) is 0 Å². The van der Waals surface area contributed by atoms with E-state index in [0.717, 1.165) is 48.0 Å². The number of nitrogens with zero attached hydrogens (tertiary/aromatic N) is 2. The van der Waals surface area contributed by atoms with Crippen molar-refractivity contribution >= 4 is 24.1 Å². The van der Waals surface area contributed by atoms with Crippen LogP contribution in [-0.4, -0.2) is 42.1 Å². The molecular weight excluding hydrogens is 606 g/mol. The second kappa shape index (κ2) is 17.1. The van der Waals surface area contributed by atoms with E-state index < -0.39 is 6.04 Å². The Bertz CT molecular complexity index is 1700. The van der Waals surface area contributed by atoms with Gasteiger partial charge in [0.1, 0.15) is 30.5 Å². The van der Waals surface area contributed by atoms with Crippen LogP contribution in [0, 0.1) is 12.3 Å². The van der Waals surface area contributed by atoms with Crippen molar-refractivity contribution in [2.45, 2.75) is 60.1 Å². The zero-order valence-electron chi connectivity index (χ0n) is 28.9. The molecular formula is C39H47N3O6. The summed E-state index contributed by atoms with van der Waals surface area (Å²) in [6.45, 7) is 12.9. The summed E-state index contributed by atoms with van der Waals surface area (Å²) < 4.78 is 12.0. The molecule has 0 fully saturated rings. The minimum atomic E-state index is -0.534. The Kier molecular flexibility index (Phi) is 13.3. The second-order valence-electron chi connectivity index (χ2n) is 12.1. The van der Waals surface area contributed by atoms with Crippen molar-refractivity contribution in [2.75, 3.05) is 24.4 Å². The molecule has 1 amide bonds. The molecule has 1 unspecified atom stereocenters. The van der Waals surface area contributed by atoms with Crippen LogP contribution < -0.4 is 19.7 Å². The molecule has 1 aliphatic heterocycles. The number of phenolic OH excluding ortho intramolecular Hbond substituents is 1. The molecule has 1 aliphatic rings. The van der Waals surface area contributed by atoms with E-state index in [4.69, 9.17) is 19.4 Å². The number of aromatic hydroxyl groups is 1. The summed E-state index contributed by atoms with van der Waals surface area (Å²) in [4.78, 5) is 28.9. The lowest BCUT2D eigenvalue weighted by molar-refractivity contribution is -0.0980. The Morgan fingerprint density at radius 1 is 0.958 bits per heavy atom. The van der Waals surface area contributed by atoms with E-state index in [1.807, 2.05) is 80.4 Å². The first-order valence-electron chi connectivity index (χ1n) is 15.8. The maximum atomic E-state index is 14.6. The number of pyridine rings is 1. The zero-order chi connectivity index (χ0) is 35.4. The van der Waals surface area contributed by atoms with Gasteiger partial charge in [-0.1, -0.05) is 75.7 Å². The molecule has 3 aromatic carbocycles. The van der Waals surface area contributed by atoms with E-state index in [2.05, 4.69) is 38.0 Å². The number of amides is 1. The van der Waals surface area contributed by atoms with Crippen molar-refractivity contribution in [3.8, 4) is 17.2 Å². The summed E-state index contributed by atoms with van der Waals surface area (Å²) in [5.74, 6) is 0.970. The third-order valence-corrected chi connectivity index (χ3v) is 8.38. The van der Waals surface area contributed by atoms with Gasteiger partial charge in [-0.2, -0.15) is 0 Å². The molecule has 1 aromatic heterocycles. The SMILES string of the molecule is C=O.CCC(C)(C)CC1=C(C)C(c2ccc(OC)c(OCc3ccccc3)c2)N(C(=O)c2cccc(C)n2)c2cccc(O)c2N1.CO. The summed E-state index contributed by atoms with van der Waals surface area (Å²) in [5.41, 5.74) is 5.89. The topological polar surface area (TPSA) is 121 Å². The van der Waals surface area contributed by atoms with Gasteiger partial charge >= 0.3 is 0 Å². The van der Waals surface area contributed by atoms with E-state index in [1.54, 1.807) is 30.2 Å². The zero-order valence-corrected chi connectivity index (χ0v) is 28.9. The number of hydrogen-bond donors (Lipinski definition) is 3. The number of rotatable bonds is 9. The Morgan fingerprint density at radius 3 is 2.29 bits per heavy atom. The quantitative estimate of drug-likeness (QED) is 0.155. The maximum absolute atomic E-state index is 14.6. The van der Waals surface area contributed by atoms with Crippen LogP contribution in [-0.2, 0) is 11.4 Å². The number of hydrogen-bond acceptors (Lipinski definition) is 8. The standard InChI is InChI=1S/C37H41N3O4.CH4O.CH2O/c1-7-37(4,5)22-29-25(3)35(27-19-20-32(43-6)33(21-27)44-23-26-14-9-8-10-15-26)40(30-17-12-18-31(41)34(30)39-29)36(42)28-16-11-13-24(2)38-28;2*1-2/h8-21,35,39,41H,7,22-23H2,1-6H3;2H,1H3;1H2. The van der Waals surface area contributed by atoms with E-state index in [-0.39, 0.29) is 17.1 Å². The molecule has 0 saturated heterocycles. The summed E-state index contributed by atoms with van der Waals surface area (Å²) in [6.07, 6.45) is 1.68. The largest absolute Gasteiger partial charge is 0.506 e. The fraction of sp³-hybridized carbons (Fsp3) is 0.308. The van der Waals surface area contributed by atoms with Gasteiger partial charge in [0.05, 0.1) is 18.8 Å². The van der Waals surface area contributed by atoms with Crippen LogP contribution in [0.2, 0.25) is 0 Å². The highest BCUT2D eigenvalue weighted by molar-refractivity contribution is 6.08. The fourth-order valence-electron chi connectivity index (χ4n) is 5.51. The van der Waals surface area contributed by atoms with Crippen molar-refractivity contribution < 1.29 is 29.3 Å². The van der Waals surface area contributed by atoms with E-state index in [9.17, 15) is 9.90 Å². The number of methoxy groups -OCH3 is 1. The van der Waals surface area contributed by atoms with Crippen LogP contribution in [0.15, 0.2) is 96.2 Å². The number of anilines is 2. The Labute approximate surface area is 283 Å². The van der Waals surface area contributed by atoms with Gasteiger partial charge in [-0.15, -0.1) is 0 Å². The predicted octanol–water partition coefficient (Wildman–Crippen LogP) is 8.02. The number of allylic oxidation sites excluding steroid dienone is 1. The van der Waals surface area contributed by atoms with Crippen molar-refractivity contribution in [3.05, 3.63) is 119 Å². The van der Waals surface area contributed by atoms with Gasteiger partial charge in [-0.05, 0) is 78.8 Å². The summed E-state index contributed by atoms with van der Waals surface area (Å²) >= 11 is 0. The summed E-state index contributed by atoms with van der Waals surface area (Å²) in [6, 6.07) is 25.9. The van der Waals surface area contributed by atoms with Crippen molar-refractivity contribution in [3.63, 3.8) is 0 Å². The normalized spacial score (nSPS) is 13.8. The molecule has 9 heteroatoms. The lowest BCUT2D eigenvalue weighted by Gasteiger charge is -2.33. The van der Waals surface area contributed by atoms with Crippen LogP contribution in [0.4, 0.5) is 11.4 Å². The number of aryl methyl sites for hydroxylation is 1. The van der Waals surface area contributed by atoms with Crippen LogP contribution in [0.5, 0.6) is 17.2 Å². The Balaban J connectivity index is 0.00000151.